The van der Waals surface area contributed by atoms with Crippen molar-refractivity contribution in [3.63, 3.8) is 0 Å². The molecule has 4 aliphatic carbocycles. The van der Waals surface area contributed by atoms with Crippen LogP contribution < -0.4 is 10.2 Å². The average Bonchev–Trinajstić information content (AvgIpc) is 2.67. The highest BCUT2D eigenvalue weighted by molar-refractivity contribution is 7.80. The molecule has 146 valence electrons. The Morgan fingerprint density at radius 3 is 2.29 bits per heavy atom. The number of thiocarbonyl (C=S) groups is 1. The molecule has 4 fully saturated rings. The lowest BCUT2D eigenvalue weighted by Gasteiger charge is -2.55. The van der Waals surface area contributed by atoms with Crippen LogP contribution in [0.1, 0.15) is 45.4 Å². The third-order valence-corrected chi connectivity index (χ3v) is 7.68. The summed E-state index contributed by atoms with van der Waals surface area (Å²) in [7, 11) is 0. The predicted molar refractivity (Wildman–Crippen MR) is 118 cm³/mol. The monoisotopic (exact) mass is 392 g/mol. The average molecular weight is 393 g/mol. The number of rotatable bonds is 3. The summed E-state index contributed by atoms with van der Waals surface area (Å²) in [5, 5.41) is 6.06. The molecular formula is C24H28N2OS. The van der Waals surface area contributed by atoms with Crippen LogP contribution in [-0.2, 0) is 4.79 Å². The van der Waals surface area contributed by atoms with Gasteiger partial charge in [0, 0.05) is 11.9 Å². The van der Waals surface area contributed by atoms with Gasteiger partial charge in [0.2, 0.25) is 5.91 Å². The van der Waals surface area contributed by atoms with Crippen molar-refractivity contribution in [2.24, 2.45) is 23.2 Å². The smallest absolute Gasteiger partial charge is 0.232 e. The number of nitrogens with one attached hydrogen (secondary N) is 1. The molecule has 4 heteroatoms. The Bertz CT molecular complexity index is 897. The molecule has 0 saturated heterocycles. The van der Waals surface area contributed by atoms with Crippen molar-refractivity contribution in [3.8, 4) is 0 Å². The molecule has 6 rings (SSSR count). The van der Waals surface area contributed by atoms with E-state index in [0.29, 0.717) is 5.11 Å². The minimum Gasteiger partial charge on any atom is -0.318 e. The molecule has 3 nitrogen and oxygen atoms in total. The Morgan fingerprint density at radius 1 is 1.04 bits per heavy atom. The highest BCUT2D eigenvalue weighted by Crippen LogP contribution is 2.60. The molecule has 0 atom stereocenters. The lowest BCUT2D eigenvalue weighted by Crippen LogP contribution is -2.56. The number of carbonyl (C=O) groups is 1. The molecule has 2 aromatic rings. The van der Waals surface area contributed by atoms with Gasteiger partial charge < -0.3 is 10.2 Å². The van der Waals surface area contributed by atoms with Gasteiger partial charge in [-0.15, -0.1) is 0 Å². The van der Waals surface area contributed by atoms with E-state index in [1.165, 1.54) is 30.0 Å². The maximum absolute atomic E-state index is 13.4. The highest BCUT2D eigenvalue weighted by Gasteiger charge is 2.54. The van der Waals surface area contributed by atoms with Crippen molar-refractivity contribution in [1.82, 2.24) is 5.32 Å². The predicted octanol–water partition coefficient (Wildman–Crippen LogP) is 5.28. The van der Waals surface area contributed by atoms with Gasteiger partial charge in [0.15, 0.2) is 5.11 Å². The topological polar surface area (TPSA) is 32.3 Å². The number of carbonyl (C=O) groups excluding carboxylic acids is 1. The molecule has 0 unspecified atom stereocenters. The van der Waals surface area contributed by atoms with E-state index in [0.717, 1.165) is 49.2 Å². The third-order valence-electron chi connectivity index (χ3n) is 7.36. The summed E-state index contributed by atoms with van der Waals surface area (Å²) >= 11 is 5.74. The van der Waals surface area contributed by atoms with Crippen LogP contribution in [0, 0.1) is 23.2 Å². The van der Waals surface area contributed by atoms with Crippen LogP contribution in [0.2, 0.25) is 0 Å². The maximum atomic E-state index is 13.4. The van der Waals surface area contributed by atoms with Crippen molar-refractivity contribution in [2.45, 2.75) is 45.4 Å². The lowest BCUT2D eigenvalue weighted by molar-refractivity contribution is -0.144. The second kappa shape index (κ2) is 6.84. The quantitative estimate of drug-likeness (QED) is 0.721. The minimum absolute atomic E-state index is 0.170. The van der Waals surface area contributed by atoms with E-state index in [9.17, 15) is 4.79 Å². The molecule has 0 aromatic heterocycles. The Labute approximate surface area is 172 Å². The van der Waals surface area contributed by atoms with E-state index >= 15 is 0 Å². The summed E-state index contributed by atoms with van der Waals surface area (Å²) in [6, 6.07) is 14.6. The van der Waals surface area contributed by atoms with E-state index in [2.05, 4.69) is 59.6 Å². The molecule has 4 aliphatic rings. The maximum Gasteiger partial charge on any atom is 0.232 e. The van der Waals surface area contributed by atoms with E-state index in [1.54, 1.807) is 0 Å². The standard InChI is InChI=1S/C24H28N2OS/c1-2-26(21-9-5-7-19-6-3-4-8-20(19)21)23(28)25-22(27)24-13-16-10-17(14-24)12-18(11-16)15-24/h3-9,16-18H,2,10-15H2,1H3,(H,25,27,28). The fourth-order valence-electron chi connectivity index (χ4n) is 6.55. The molecule has 4 bridgehead atoms. The van der Waals surface area contributed by atoms with Gasteiger partial charge in [-0.05, 0) is 86.9 Å². The second-order valence-corrected chi connectivity index (χ2v) is 9.59. The van der Waals surface area contributed by atoms with Gasteiger partial charge in [-0.25, -0.2) is 0 Å². The fraction of sp³-hybridized carbons (Fsp3) is 0.500. The SMILES string of the molecule is CCN(C(=S)NC(=O)C12CC3CC(CC(C3)C1)C2)c1cccc2ccccc12. The van der Waals surface area contributed by atoms with Crippen LogP contribution in [0.25, 0.3) is 10.8 Å². The van der Waals surface area contributed by atoms with Gasteiger partial charge in [0.05, 0.1) is 11.1 Å². The van der Waals surface area contributed by atoms with Crippen molar-refractivity contribution in [1.29, 1.82) is 0 Å². The van der Waals surface area contributed by atoms with Crippen LogP contribution in [0.3, 0.4) is 0 Å². The minimum atomic E-state index is -0.170. The van der Waals surface area contributed by atoms with Crippen LogP contribution in [-0.4, -0.2) is 17.6 Å². The lowest BCUT2D eigenvalue weighted by atomic mass is 9.49. The Hall–Kier alpha value is -1.94. The molecule has 0 heterocycles. The summed E-state index contributed by atoms with van der Waals surface area (Å²) in [6.45, 7) is 2.82. The van der Waals surface area contributed by atoms with Gasteiger partial charge in [0.25, 0.3) is 0 Å². The summed E-state index contributed by atoms with van der Waals surface area (Å²) in [6.07, 6.45) is 7.21. The van der Waals surface area contributed by atoms with E-state index in [1.807, 2.05) is 0 Å². The summed E-state index contributed by atoms with van der Waals surface area (Å²) in [5.41, 5.74) is 0.896. The number of fused-ring (bicyclic) bond motifs is 1. The van der Waals surface area contributed by atoms with E-state index in [-0.39, 0.29) is 11.3 Å². The number of nitrogens with zero attached hydrogens (tertiary/aromatic N) is 1. The summed E-state index contributed by atoms with van der Waals surface area (Å²) in [4.78, 5) is 15.5. The van der Waals surface area contributed by atoms with Crippen molar-refractivity contribution in [2.75, 3.05) is 11.4 Å². The molecule has 0 spiro atoms. The fourth-order valence-corrected chi connectivity index (χ4v) is 6.87. The zero-order valence-corrected chi connectivity index (χ0v) is 17.3. The molecule has 1 amide bonds. The van der Waals surface area contributed by atoms with Gasteiger partial charge in [-0.1, -0.05) is 36.4 Å². The van der Waals surface area contributed by atoms with Crippen molar-refractivity contribution in [3.05, 3.63) is 42.5 Å². The van der Waals surface area contributed by atoms with Crippen LogP contribution in [0.4, 0.5) is 5.69 Å². The first-order valence-electron chi connectivity index (χ1n) is 10.7. The molecular weight excluding hydrogens is 364 g/mol. The first kappa shape index (κ1) is 18.1. The van der Waals surface area contributed by atoms with Gasteiger partial charge in [-0.3, -0.25) is 4.79 Å². The van der Waals surface area contributed by atoms with E-state index < -0.39 is 0 Å². The number of hydrogen-bond acceptors (Lipinski definition) is 2. The Morgan fingerprint density at radius 2 is 1.64 bits per heavy atom. The Kier molecular flexibility index (Phi) is 4.42. The Balaban J connectivity index is 1.39. The van der Waals surface area contributed by atoms with Gasteiger partial charge >= 0.3 is 0 Å². The number of hydrogen-bond donors (Lipinski definition) is 1. The highest BCUT2D eigenvalue weighted by atomic mass is 32.1. The largest absolute Gasteiger partial charge is 0.318 e. The molecule has 0 aliphatic heterocycles. The molecule has 0 radical (unpaired) electrons. The molecule has 2 aromatic carbocycles. The first-order valence-corrected chi connectivity index (χ1v) is 11.1. The van der Waals surface area contributed by atoms with Crippen LogP contribution in [0.15, 0.2) is 42.5 Å². The molecule has 1 N–H and O–H groups in total. The van der Waals surface area contributed by atoms with Crippen LogP contribution >= 0.6 is 12.2 Å². The zero-order valence-electron chi connectivity index (χ0n) is 16.5. The first-order chi connectivity index (χ1) is 13.6. The van der Waals surface area contributed by atoms with Gasteiger partial charge in [-0.2, -0.15) is 0 Å². The van der Waals surface area contributed by atoms with Crippen LogP contribution in [0.5, 0.6) is 0 Å². The molecule has 4 saturated carbocycles. The van der Waals surface area contributed by atoms with E-state index in [4.69, 9.17) is 12.2 Å². The molecule has 28 heavy (non-hydrogen) atoms. The summed E-state index contributed by atoms with van der Waals surface area (Å²) in [5.74, 6) is 2.44. The second-order valence-electron chi connectivity index (χ2n) is 9.20. The third kappa shape index (κ3) is 2.93. The summed E-state index contributed by atoms with van der Waals surface area (Å²) < 4.78 is 0. The number of amides is 1. The van der Waals surface area contributed by atoms with Crippen molar-refractivity contribution >= 4 is 39.7 Å². The number of benzene rings is 2. The normalized spacial score (nSPS) is 30.4. The van der Waals surface area contributed by atoms with Gasteiger partial charge in [0.1, 0.15) is 0 Å². The van der Waals surface area contributed by atoms with Crippen molar-refractivity contribution < 1.29 is 4.79 Å². The zero-order chi connectivity index (χ0) is 19.3. The number of anilines is 1.